The Morgan fingerprint density at radius 1 is 1.38 bits per heavy atom. The average Bonchev–Trinajstić information content (AvgIpc) is 2.28. The number of fused-ring (bicyclic) bond motifs is 1. The molecule has 1 heterocycles. The van der Waals surface area contributed by atoms with Crippen molar-refractivity contribution in [1.29, 1.82) is 0 Å². The molecule has 2 rings (SSSR count). The molecule has 0 saturated heterocycles. The van der Waals surface area contributed by atoms with Crippen molar-refractivity contribution in [2.24, 2.45) is 0 Å². The highest BCUT2D eigenvalue weighted by Crippen LogP contribution is 2.22. The van der Waals surface area contributed by atoms with Crippen LogP contribution in [0.1, 0.15) is 28.5 Å². The van der Waals surface area contributed by atoms with Crippen molar-refractivity contribution in [3.63, 3.8) is 0 Å². The molecule has 0 fully saturated rings. The fourth-order valence-electron chi connectivity index (χ4n) is 1.97. The number of pyridine rings is 1. The number of aromatic carboxylic acids is 1. The maximum atomic E-state index is 11.1. The van der Waals surface area contributed by atoms with Gasteiger partial charge in [-0.2, -0.15) is 0 Å². The Hall–Kier alpha value is -1.90. The molecular weight excluding hydrogens is 202 g/mol. The standard InChI is InChI=1S/C13H13NO2/c1-3-10-12(13(15)16)8(2)9-6-4-5-7-11(9)14-10/h4-7H,3H2,1-2H3,(H,15,16)/p-1. The van der Waals surface area contributed by atoms with Gasteiger partial charge >= 0.3 is 0 Å². The van der Waals surface area contributed by atoms with Crippen molar-refractivity contribution in [3.05, 3.63) is 41.1 Å². The van der Waals surface area contributed by atoms with Crippen LogP contribution in [-0.2, 0) is 6.42 Å². The topological polar surface area (TPSA) is 53.0 Å². The third-order valence-corrected chi connectivity index (χ3v) is 2.77. The molecule has 0 atom stereocenters. The van der Waals surface area contributed by atoms with Gasteiger partial charge in [-0.3, -0.25) is 4.98 Å². The number of aromatic nitrogens is 1. The van der Waals surface area contributed by atoms with Crippen molar-refractivity contribution in [2.45, 2.75) is 20.3 Å². The van der Waals surface area contributed by atoms with Crippen LogP contribution in [0.15, 0.2) is 24.3 Å². The van der Waals surface area contributed by atoms with E-state index in [-0.39, 0.29) is 5.56 Å². The molecule has 0 spiro atoms. The van der Waals surface area contributed by atoms with E-state index in [9.17, 15) is 9.90 Å². The van der Waals surface area contributed by atoms with E-state index in [0.717, 1.165) is 16.5 Å². The van der Waals surface area contributed by atoms with Gasteiger partial charge in [0.25, 0.3) is 0 Å². The van der Waals surface area contributed by atoms with E-state index in [1.54, 1.807) is 6.92 Å². The maximum Gasteiger partial charge on any atom is 0.0736 e. The molecule has 0 aliphatic heterocycles. The molecule has 0 saturated carbocycles. The largest absolute Gasteiger partial charge is 0.545 e. The lowest BCUT2D eigenvalue weighted by Gasteiger charge is -2.14. The normalized spacial score (nSPS) is 10.6. The summed E-state index contributed by atoms with van der Waals surface area (Å²) in [6.45, 7) is 3.69. The fourth-order valence-corrected chi connectivity index (χ4v) is 1.97. The van der Waals surface area contributed by atoms with Gasteiger partial charge in [-0.1, -0.05) is 25.1 Å². The Labute approximate surface area is 93.7 Å². The van der Waals surface area contributed by atoms with Gasteiger partial charge in [-0.25, -0.2) is 0 Å². The molecule has 82 valence electrons. The number of carbonyl (C=O) groups excluding carboxylic acids is 1. The lowest BCUT2D eigenvalue weighted by atomic mass is 10.0. The van der Waals surface area contributed by atoms with Crippen LogP contribution in [0.25, 0.3) is 10.9 Å². The van der Waals surface area contributed by atoms with E-state index >= 15 is 0 Å². The first-order valence-electron chi connectivity index (χ1n) is 5.24. The van der Waals surface area contributed by atoms with E-state index in [0.29, 0.717) is 12.1 Å². The number of carbonyl (C=O) groups is 1. The molecule has 0 bridgehead atoms. The predicted octanol–water partition coefficient (Wildman–Crippen LogP) is 1.47. The monoisotopic (exact) mass is 214 g/mol. The zero-order valence-electron chi connectivity index (χ0n) is 9.28. The quantitative estimate of drug-likeness (QED) is 0.760. The molecule has 0 aliphatic carbocycles. The predicted molar refractivity (Wildman–Crippen MR) is 60.2 cm³/mol. The molecule has 0 aliphatic rings. The Morgan fingerprint density at radius 3 is 2.69 bits per heavy atom. The molecule has 1 aromatic heterocycles. The number of rotatable bonds is 2. The number of benzene rings is 1. The van der Waals surface area contributed by atoms with Crippen LogP contribution in [0.5, 0.6) is 0 Å². The van der Waals surface area contributed by atoms with E-state index in [4.69, 9.17) is 0 Å². The van der Waals surface area contributed by atoms with Gasteiger partial charge in [0.1, 0.15) is 0 Å². The minimum absolute atomic E-state index is 0.237. The second-order valence-corrected chi connectivity index (χ2v) is 3.72. The van der Waals surface area contributed by atoms with Crippen LogP contribution in [0.2, 0.25) is 0 Å². The van der Waals surface area contributed by atoms with Crippen LogP contribution in [0, 0.1) is 6.92 Å². The second kappa shape index (κ2) is 3.93. The van der Waals surface area contributed by atoms with Crippen LogP contribution >= 0.6 is 0 Å². The first kappa shape index (κ1) is 10.6. The fraction of sp³-hybridized carbons (Fsp3) is 0.231. The minimum Gasteiger partial charge on any atom is -0.545 e. The lowest BCUT2D eigenvalue weighted by molar-refractivity contribution is -0.255. The number of nitrogens with zero attached hydrogens (tertiary/aromatic N) is 1. The SMILES string of the molecule is CCc1nc2ccccc2c(C)c1C(=O)[O-]. The first-order chi connectivity index (χ1) is 7.65. The van der Waals surface area contributed by atoms with E-state index in [1.807, 2.05) is 31.2 Å². The zero-order chi connectivity index (χ0) is 11.7. The van der Waals surface area contributed by atoms with Crippen molar-refractivity contribution in [3.8, 4) is 0 Å². The number of aryl methyl sites for hydroxylation is 2. The summed E-state index contributed by atoms with van der Waals surface area (Å²) >= 11 is 0. The van der Waals surface area contributed by atoms with Crippen molar-refractivity contribution < 1.29 is 9.90 Å². The third kappa shape index (κ3) is 1.54. The van der Waals surface area contributed by atoms with Crippen LogP contribution < -0.4 is 5.11 Å². The maximum absolute atomic E-state index is 11.1. The van der Waals surface area contributed by atoms with Crippen molar-refractivity contribution >= 4 is 16.9 Å². The van der Waals surface area contributed by atoms with Crippen LogP contribution in [0.3, 0.4) is 0 Å². The molecule has 16 heavy (non-hydrogen) atoms. The number of carboxylic acids is 1. The summed E-state index contributed by atoms with van der Waals surface area (Å²) in [5.74, 6) is -1.15. The van der Waals surface area contributed by atoms with E-state index in [2.05, 4.69) is 4.98 Å². The van der Waals surface area contributed by atoms with Crippen LogP contribution in [0.4, 0.5) is 0 Å². The lowest BCUT2D eigenvalue weighted by Crippen LogP contribution is -2.25. The van der Waals surface area contributed by atoms with Gasteiger partial charge in [-0.15, -0.1) is 0 Å². The molecule has 3 heteroatoms. The van der Waals surface area contributed by atoms with Gasteiger partial charge in [-0.05, 0) is 25.0 Å². The molecule has 0 N–H and O–H groups in total. The Morgan fingerprint density at radius 2 is 2.06 bits per heavy atom. The number of hydrogen-bond donors (Lipinski definition) is 0. The van der Waals surface area contributed by atoms with Gasteiger partial charge in [0.2, 0.25) is 0 Å². The van der Waals surface area contributed by atoms with E-state index in [1.165, 1.54) is 0 Å². The Bertz CT molecular complexity index is 561. The average molecular weight is 214 g/mol. The molecule has 0 amide bonds. The molecule has 2 aromatic rings. The van der Waals surface area contributed by atoms with Crippen LogP contribution in [-0.4, -0.2) is 11.0 Å². The second-order valence-electron chi connectivity index (χ2n) is 3.72. The molecule has 0 radical (unpaired) electrons. The summed E-state index contributed by atoms with van der Waals surface area (Å²) in [5.41, 5.74) is 2.40. The molecular formula is C13H12NO2-. The van der Waals surface area contributed by atoms with Gasteiger partial charge in [0.15, 0.2) is 0 Å². The highest BCUT2D eigenvalue weighted by Gasteiger charge is 2.10. The summed E-state index contributed by atoms with van der Waals surface area (Å²) in [5, 5.41) is 12.0. The van der Waals surface area contributed by atoms with Gasteiger partial charge in [0.05, 0.1) is 17.2 Å². The molecule has 0 unspecified atom stereocenters. The minimum atomic E-state index is -1.15. The van der Waals surface area contributed by atoms with Crippen molar-refractivity contribution in [2.75, 3.05) is 0 Å². The summed E-state index contributed by atoms with van der Waals surface area (Å²) in [6, 6.07) is 7.54. The first-order valence-corrected chi connectivity index (χ1v) is 5.24. The molecule has 3 nitrogen and oxygen atoms in total. The summed E-state index contributed by atoms with van der Waals surface area (Å²) in [6.07, 6.45) is 0.592. The van der Waals surface area contributed by atoms with Gasteiger partial charge < -0.3 is 9.90 Å². The number of carboxylic acid groups (broad SMARTS) is 1. The highest BCUT2D eigenvalue weighted by atomic mass is 16.4. The van der Waals surface area contributed by atoms with E-state index < -0.39 is 5.97 Å². The summed E-state index contributed by atoms with van der Waals surface area (Å²) in [4.78, 5) is 15.4. The third-order valence-electron chi connectivity index (χ3n) is 2.77. The zero-order valence-corrected chi connectivity index (χ0v) is 9.28. The Balaban J connectivity index is 2.87. The number of para-hydroxylation sites is 1. The smallest absolute Gasteiger partial charge is 0.0736 e. The highest BCUT2D eigenvalue weighted by molar-refractivity contribution is 5.96. The van der Waals surface area contributed by atoms with Gasteiger partial charge in [0, 0.05) is 10.9 Å². The Kier molecular flexibility index (Phi) is 2.60. The summed E-state index contributed by atoms with van der Waals surface area (Å²) in [7, 11) is 0. The molecule has 1 aromatic carbocycles. The number of hydrogen-bond acceptors (Lipinski definition) is 3. The summed E-state index contributed by atoms with van der Waals surface area (Å²) < 4.78 is 0. The van der Waals surface area contributed by atoms with Crippen molar-refractivity contribution in [1.82, 2.24) is 4.98 Å².